The molecular weight excluding hydrogens is 620 g/mol. The van der Waals surface area contributed by atoms with Gasteiger partial charge in [0.05, 0.1) is 17.8 Å². The summed E-state index contributed by atoms with van der Waals surface area (Å²) >= 11 is 0. The predicted molar refractivity (Wildman–Crippen MR) is 165 cm³/mol. The first kappa shape index (κ1) is 32.9. The first-order valence-electron chi connectivity index (χ1n) is 14.1. The smallest absolute Gasteiger partial charge is 0.297 e. The zero-order valence-corrected chi connectivity index (χ0v) is 26.2. The van der Waals surface area contributed by atoms with Crippen LogP contribution in [0.1, 0.15) is 22.3 Å². The standard InChI is InChI=1S/C33H34O10S2/c1-23-18-20-27(21-19-23)45(38,39)42-28(30-31(43-44(2,36)37)29(34)32(35)41-30)22-40-33(24-12-6-3-7-13-24,25-14-8-4-9-15-25)26-16-10-5-11-17-26/h3-21,28-32,34-35H,22H2,1-2H3/t28-,29+,30+,31-,32-/m0/s1. The molecule has 5 rings (SSSR count). The van der Waals surface area contributed by atoms with Crippen molar-refractivity contribution in [1.29, 1.82) is 0 Å². The Morgan fingerprint density at radius 2 is 1.22 bits per heavy atom. The van der Waals surface area contributed by atoms with Crippen LogP contribution in [-0.4, -0.2) is 70.6 Å². The van der Waals surface area contributed by atoms with Crippen LogP contribution in [0.2, 0.25) is 0 Å². The third-order valence-corrected chi connectivity index (χ3v) is 9.39. The van der Waals surface area contributed by atoms with Crippen molar-refractivity contribution < 1.29 is 44.9 Å². The summed E-state index contributed by atoms with van der Waals surface area (Å²) in [6, 6.07) is 33.8. The molecule has 1 fully saturated rings. The maximum atomic E-state index is 13.6. The highest BCUT2D eigenvalue weighted by atomic mass is 32.2. The summed E-state index contributed by atoms with van der Waals surface area (Å²) in [6.45, 7) is 1.28. The van der Waals surface area contributed by atoms with Crippen molar-refractivity contribution in [2.75, 3.05) is 12.9 Å². The Morgan fingerprint density at radius 3 is 1.67 bits per heavy atom. The van der Waals surface area contributed by atoms with Crippen molar-refractivity contribution in [1.82, 2.24) is 0 Å². The number of aliphatic hydroxyl groups excluding tert-OH is 2. The van der Waals surface area contributed by atoms with Gasteiger partial charge in [-0.05, 0) is 35.7 Å². The van der Waals surface area contributed by atoms with Gasteiger partial charge in [0.1, 0.15) is 30.0 Å². The number of ether oxygens (including phenoxy) is 2. The molecule has 1 aliphatic heterocycles. The van der Waals surface area contributed by atoms with Crippen LogP contribution >= 0.6 is 0 Å². The van der Waals surface area contributed by atoms with E-state index in [-0.39, 0.29) is 4.90 Å². The fourth-order valence-corrected chi connectivity index (χ4v) is 7.06. The molecule has 10 nitrogen and oxygen atoms in total. The van der Waals surface area contributed by atoms with Crippen LogP contribution in [0.5, 0.6) is 0 Å². The van der Waals surface area contributed by atoms with Crippen molar-refractivity contribution in [3.8, 4) is 0 Å². The van der Waals surface area contributed by atoms with Crippen molar-refractivity contribution in [3.63, 3.8) is 0 Å². The fourth-order valence-electron chi connectivity index (χ4n) is 5.36. The third kappa shape index (κ3) is 7.35. The summed E-state index contributed by atoms with van der Waals surface area (Å²) in [7, 11) is -8.71. The Hall–Kier alpha value is -3.46. The van der Waals surface area contributed by atoms with E-state index in [0.717, 1.165) is 11.8 Å². The number of hydrogen-bond acceptors (Lipinski definition) is 10. The van der Waals surface area contributed by atoms with Crippen LogP contribution in [0.4, 0.5) is 0 Å². The van der Waals surface area contributed by atoms with Gasteiger partial charge in [0, 0.05) is 0 Å². The number of aryl methyl sites for hydroxylation is 1. The quantitative estimate of drug-likeness (QED) is 0.172. The van der Waals surface area contributed by atoms with Crippen molar-refractivity contribution in [3.05, 3.63) is 138 Å². The lowest BCUT2D eigenvalue weighted by molar-refractivity contribution is -0.153. The highest BCUT2D eigenvalue weighted by Crippen LogP contribution is 2.41. The largest absolute Gasteiger partial charge is 0.385 e. The minimum Gasteiger partial charge on any atom is -0.385 e. The molecule has 238 valence electrons. The number of aliphatic hydroxyl groups is 2. The van der Waals surface area contributed by atoms with Crippen LogP contribution in [0.3, 0.4) is 0 Å². The van der Waals surface area contributed by atoms with Crippen LogP contribution < -0.4 is 0 Å². The molecule has 2 N–H and O–H groups in total. The molecule has 1 aliphatic rings. The van der Waals surface area contributed by atoms with Crippen LogP contribution in [0.15, 0.2) is 120 Å². The molecule has 0 aromatic heterocycles. The summed E-state index contributed by atoms with van der Waals surface area (Å²) in [5, 5.41) is 21.0. The maximum Gasteiger partial charge on any atom is 0.297 e. The summed E-state index contributed by atoms with van der Waals surface area (Å²) in [5.74, 6) is 0. The zero-order valence-electron chi connectivity index (χ0n) is 24.5. The minimum atomic E-state index is -4.51. The highest BCUT2D eigenvalue weighted by molar-refractivity contribution is 7.86. The zero-order chi connectivity index (χ0) is 32.2. The predicted octanol–water partition coefficient (Wildman–Crippen LogP) is 3.50. The van der Waals surface area contributed by atoms with E-state index in [9.17, 15) is 27.0 Å². The second-order valence-corrected chi connectivity index (χ2v) is 13.9. The second-order valence-electron chi connectivity index (χ2n) is 10.7. The Bertz CT molecular complexity index is 1670. The SMILES string of the molecule is Cc1ccc(S(=O)(=O)O[C@@H](COC(c2ccccc2)(c2ccccc2)c2ccccc2)[C@H]2O[C@H](O)[C@H](O)[C@@H]2OS(C)(=O)=O)cc1. The number of hydrogen-bond donors (Lipinski definition) is 2. The number of rotatable bonds is 12. The molecule has 1 heterocycles. The molecule has 12 heteroatoms. The van der Waals surface area contributed by atoms with Crippen molar-refractivity contribution >= 4 is 20.2 Å². The molecule has 0 spiro atoms. The summed E-state index contributed by atoms with van der Waals surface area (Å²) in [5.41, 5.74) is 1.62. The molecule has 5 atom stereocenters. The lowest BCUT2D eigenvalue weighted by Gasteiger charge is -2.38. The summed E-state index contributed by atoms with van der Waals surface area (Å²) in [6.07, 6.45) is -7.87. The molecule has 0 bridgehead atoms. The van der Waals surface area contributed by atoms with Gasteiger partial charge in [-0.15, -0.1) is 0 Å². The topological polar surface area (TPSA) is 146 Å². The molecule has 0 aliphatic carbocycles. The van der Waals surface area contributed by atoms with Crippen LogP contribution in [-0.2, 0) is 43.7 Å². The van der Waals surface area contributed by atoms with Crippen LogP contribution in [0, 0.1) is 6.92 Å². The second kappa shape index (κ2) is 13.5. The molecule has 0 radical (unpaired) electrons. The Labute approximate surface area is 263 Å². The monoisotopic (exact) mass is 654 g/mol. The third-order valence-electron chi connectivity index (χ3n) is 7.47. The van der Waals surface area contributed by atoms with Gasteiger partial charge in [-0.1, -0.05) is 109 Å². The first-order chi connectivity index (χ1) is 21.4. The molecule has 4 aromatic rings. The van der Waals surface area contributed by atoms with E-state index >= 15 is 0 Å². The van der Waals surface area contributed by atoms with E-state index in [4.69, 9.17) is 17.8 Å². The van der Waals surface area contributed by atoms with E-state index in [2.05, 4.69) is 0 Å². The maximum absolute atomic E-state index is 13.6. The molecular formula is C33H34O10S2. The van der Waals surface area contributed by atoms with Gasteiger partial charge in [0.25, 0.3) is 20.2 Å². The molecule has 1 saturated heterocycles. The van der Waals surface area contributed by atoms with E-state index in [1.165, 1.54) is 12.1 Å². The van der Waals surface area contributed by atoms with Gasteiger partial charge in [0.2, 0.25) is 0 Å². The van der Waals surface area contributed by atoms with Gasteiger partial charge >= 0.3 is 0 Å². The summed E-state index contributed by atoms with van der Waals surface area (Å²) in [4.78, 5) is -0.168. The van der Waals surface area contributed by atoms with Gasteiger partial charge in [-0.25, -0.2) is 0 Å². The van der Waals surface area contributed by atoms with Crippen molar-refractivity contribution in [2.45, 2.75) is 48.1 Å². The molecule has 0 unspecified atom stereocenters. The average molecular weight is 655 g/mol. The molecule has 0 amide bonds. The van der Waals surface area contributed by atoms with Gasteiger partial charge < -0.3 is 19.7 Å². The fraction of sp³-hybridized carbons (Fsp3) is 0.273. The van der Waals surface area contributed by atoms with E-state index in [0.29, 0.717) is 16.7 Å². The van der Waals surface area contributed by atoms with Crippen LogP contribution in [0.25, 0.3) is 0 Å². The van der Waals surface area contributed by atoms with E-state index in [1.807, 2.05) is 91.0 Å². The first-order valence-corrected chi connectivity index (χ1v) is 17.3. The molecule has 0 saturated carbocycles. The Kier molecular flexibility index (Phi) is 9.87. The Morgan fingerprint density at radius 1 is 0.756 bits per heavy atom. The van der Waals surface area contributed by atoms with E-state index in [1.54, 1.807) is 19.1 Å². The highest BCUT2D eigenvalue weighted by Gasteiger charge is 2.51. The van der Waals surface area contributed by atoms with Gasteiger partial charge in [-0.2, -0.15) is 16.8 Å². The normalized spacial score (nSPS) is 21.4. The molecule has 4 aromatic carbocycles. The lowest BCUT2D eigenvalue weighted by atomic mass is 9.80. The minimum absolute atomic E-state index is 0.168. The van der Waals surface area contributed by atoms with Gasteiger partial charge in [0.15, 0.2) is 6.29 Å². The summed E-state index contributed by atoms with van der Waals surface area (Å²) < 4.78 is 74.6. The molecule has 45 heavy (non-hydrogen) atoms. The number of benzene rings is 4. The Balaban J connectivity index is 1.63. The van der Waals surface area contributed by atoms with E-state index < -0.39 is 63.2 Å². The lowest BCUT2D eigenvalue weighted by Crippen LogP contribution is -2.47. The average Bonchev–Trinajstić information content (AvgIpc) is 3.30. The van der Waals surface area contributed by atoms with Gasteiger partial charge in [-0.3, -0.25) is 8.37 Å². The van der Waals surface area contributed by atoms with Crippen molar-refractivity contribution in [2.24, 2.45) is 0 Å².